The topological polar surface area (TPSA) is 53.3 Å². The molecule has 18 heavy (non-hydrogen) atoms. The van der Waals surface area contributed by atoms with Crippen molar-refractivity contribution in [3.05, 3.63) is 17.2 Å². The Morgan fingerprint density at radius 3 is 2.89 bits per heavy atom. The summed E-state index contributed by atoms with van der Waals surface area (Å²) in [6.07, 6.45) is 2.71. The number of carbonyl (C=O) groups is 1. The van der Waals surface area contributed by atoms with Gasteiger partial charge < -0.3 is 14.0 Å². The van der Waals surface area contributed by atoms with Crippen LogP contribution in [-0.4, -0.2) is 35.3 Å². The maximum absolute atomic E-state index is 12.0. The minimum Gasteiger partial charge on any atom is -0.461 e. The van der Waals surface area contributed by atoms with Gasteiger partial charge in [0.05, 0.1) is 24.9 Å². The van der Waals surface area contributed by atoms with Crippen molar-refractivity contribution in [3.8, 4) is 0 Å². The average Bonchev–Trinajstić information content (AvgIpc) is 2.76. The van der Waals surface area contributed by atoms with Gasteiger partial charge in [0.25, 0.3) is 0 Å². The maximum atomic E-state index is 12.0. The summed E-state index contributed by atoms with van der Waals surface area (Å²) in [6, 6.07) is 0. The second kappa shape index (κ2) is 5.52. The zero-order valence-electron chi connectivity index (χ0n) is 11.2. The van der Waals surface area contributed by atoms with Crippen LogP contribution in [0.25, 0.3) is 0 Å². The highest BCUT2D eigenvalue weighted by molar-refractivity contribution is 5.89. The van der Waals surface area contributed by atoms with Gasteiger partial charge >= 0.3 is 5.97 Å². The molecule has 5 nitrogen and oxygen atoms in total. The van der Waals surface area contributed by atoms with Gasteiger partial charge in [0.15, 0.2) is 5.69 Å². The number of hydrogen-bond donors (Lipinski definition) is 0. The lowest BCUT2D eigenvalue weighted by Gasteiger charge is -2.23. The Bertz CT molecular complexity index is 440. The maximum Gasteiger partial charge on any atom is 0.356 e. The van der Waals surface area contributed by atoms with Gasteiger partial charge in [-0.05, 0) is 19.8 Å². The van der Waals surface area contributed by atoms with Crippen LogP contribution in [0.1, 0.15) is 42.3 Å². The molecule has 2 rings (SSSR count). The van der Waals surface area contributed by atoms with Crippen molar-refractivity contribution in [2.75, 3.05) is 13.7 Å². The third-order valence-electron chi connectivity index (χ3n) is 3.33. The molecule has 0 bridgehead atoms. The molecule has 0 spiro atoms. The Kier molecular flexibility index (Phi) is 4.01. The summed E-state index contributed by atoms with van der Waals surface area (Å²) in [5.74, 6) is 0.702. The Balaban J connectivity index is 2.37. The van der Waals surface area contributed by atoms with Crippen molar-refractivity contribution in [1.29, 1.82) is 0 Å². The van der Waals surface area contributed by atoms with Crippen molar-refractivity contribution in [2.45, 2.75) is 45.8 Å². The predicted molar refractivity (Wildman–Crippen MR) is 66.7 cm³/mol. The molecule has 2 heterocycles. The average molecular weight is 252 g/mol. The van der Waals surface area contributed by atoms with Gasteiger partial charge in [-0.25, -0.2) is 9.78 Å². The van der Waals surface area contributed by atoms with Crippen LogP contribution >= 0.6 is 0 Å². The summed E-state index contributed by atoms with van der Waals surface area (Å²) in [5.41, 5.74) is 1.44. The van der Waals surface area contributed by atoms with Gasteiger partial charge in [0, 0.05) is 13.5 Å². The minimum absolute atomic E-state index is 0.157. The lowest BCUT2D eigenvalue weighted by atomic mass is 10.1. The van der Waals surface area contributed by atoms with E-state index in [4.69, 9.17) is 9.47 Å². The molecule has 0 amide bonds. The molecule has 1 aliphatic rings. The number of aromatic nitrogens is 2. The number of fused-ring (bicyclic) bond motifs is 1. The zero-order chi connectivity index (χ0) is 13.1. The van der Waals surface area contributed by atoms with E-state index in [1.807, 2.05) is 18.4 Å². The number of nitrogens with zero attached hydrogens (tertiary/aromatic N) is 2. The SMILES string of the molecule is CCOC(=O)c1c(CC)nc2n1C[C@@H](OC)CC2. The van der Waals surface area contributed by atoms with Crippen molar-refractivity contribution < 1.29 is 14.3 Å². The van der Waals surface area contributed by atoms with Crippen LogP contribution in [-0.2, 0) is 28.9 Å². The first-order chi connectivity index (χ1) is 8.71. The van der Waals surface area contributed by atoms with Gasteiger partial charge in [0.1, 0.15) is 5.82 Å². The second-order valence-electron chi connectivity index (χ2n) is 4.40. The Hall–Kier alpha value is -1.36. The number of imidazole rings is 1. The Labute approximate surface area is 107 Å². The molecule has 1 aromatic rings. The third kappa shape index (κ3) is 2.27. The quantitative estimate of drug-likeness (QED) is 0.763. The van der Waals surface area contributed by atoms with E-state index in [-0.39, 0.29) is 12.1 Å². The van der Waals surface area contributed by atoms with Crippen LogP contribution in [0.4, 0.5) is 0 Å². The molecule has 1 atom stereocenters. The fourth-order valence-electron chi connectivity index (χ4n) is 2.39. The van der Waals surface area contributed by atoms with E-state index in [9.17, 15) is 4.79 Å². The molecule has 1 aromatic heterocycles. The van der Waals surface area contributed by atoms with Crippen LogP contribution in [0.3, 0.4) is 0 Å². The van der Waals surface area contributed by atoms with Crippen molar-refractivity contribution >= 4 is 5.97 Å². The van der Waals surface area contributed by atoms with Crippen LogP contribution < -0.4 is 0 Å². The van der Waals surface area contributed by atoms with E-state index in [0.717, 1.165) is 30.8 Å². The van der Waals surface area contributed by atoms with Crippen molar-refractivity contribution in [1.82, 2.24) is 9.55 Å². The van der Waals surface area contributed by atoms with E-state index in [2.05, 4.69) is 4.98 Å². The van der Waals surface area contributed by atoms with Crippen LogP contribution in [0, 0.1) is 0 Å². The predicted octanol–water partition coefficient (Wildman–Crippen LogP) is 1.58. The summed E-state index contributed by atoms with van der Waals surface area (Å²) in [7, 11) is 1.71. The lowest BCUT2D eigenvalue weighted by molar-refractivity contribution is 0.0482. The molecule has 0 fully saturated rings. The van der Waals surface area contributed by atoms with Crippen molar-refractivity contribution in [2.24, 2.45) is 0 Å². The minimum atomic E-state index is -0.273. The molecule has 5 heteroatoms. The molecule has 1 aliphatic heterocycles. The van der Waals surface area contributed by atoms with Gasteiger partial charge in [-0.15, -0.1) is 0 Å². The second-order valence-corrected chi connectivity index (χ2v) is 4.40. The molecule has 0 saturated heterocycles. The van der Waals surface area contributed by atoms with Crippen LogP contribution in [0.15, 0.2) is 0 Å². The summed E-state index contributed by atoms with van der Waals surface area (Å²) >= 11 is 0. The van der Waals surface area contributed by atoms with Crippen LogP contribution in [0.2, 0.25) is 0 Å². The molecule has 0 radical (unpaired) electrons. The first kappa shape index (κ1) is 13.1. The summed E-state index contributed by atoms with van der Waals surface area (Å²) in [4.78, 5) is 16.6. The molecule has 0 aliphatic carbocycles. The van der Waals surface area contributed by atoms with Gasteiger partial charge in [0.2, 0.25) is 0 Å². The van der Waals surface area contributed by atoms with E-state index < -0.39 is 0 Å². The number of hydrogen-bond acceptors (Lipinski definition) is 4. The van der Waals surface area contributed by atoms with Crippen molar-refractivity contribution in [3.63, 3.8) is 0 Å². The molecule has 0 aromatic carbocycles. The van der Waals surface area contributed by atoms with Gasteiger partial charge in [-0.1, -0.05) is 6.92 Å². The molecule has 100 valence electrons. The highest BCUT2D eigenvalue weighted by Gasteiger charge is 2.28. The fraction of sp³-hybridized carbons (Fsp3) is 0.692. The molecule has 0 unspecified atom stereocenters. The molecule has 0 saturated carbocycles. The number of carbonyl (C=O) groups excluding carboxylic acids is 1. The largest absolute Gasteiger partial charge is 0.461 e. The number of rotatable bonds is 4. The lowest BCUT2D eigenvalue weighted by Crippen LogP contribution is -2.28. The first-order valence-corrected chi connectivity index (χ1v) is 6.49. The standard InChI is InChI=1S/C13H20N2O3/c1-4-10-12(13(16)18-5-2)15-8-9(17-3)6-7-11(15)14-10/h9H,4-8H2,1-3H3/t9-/m0/s1. The Morgan fingerprint density at radius 1 is 1.50 bits per heavy atom. The smallest absolute Gasteiger partial charge is 0.356 e. The number of methoxy groups -OCH3 is 1. The molecule has 0 N–H and O–H groups in total. The van der Waals surface area contributed by atoms with Gasteiger partial charge in [-0.2, -0.15) is 0 Å². The first-order valence-electron chi connectivity index (χ1n) is 6.49. The normalized spacial score (nSPS) is 18.5. The molecular weight excluding hydrogens is 232 g/mol. The number of esters is 1. The van der Waals surface area contributed by atoms with Gasteiger partial charge in [-0.3, -0.25) is 0 Å². The van der Waals surface area contributed by atoms with E-state index >= 15 is 0 Å². The number of ether oxygens (including phenoxy) is 2. The summed E-state index contributed by atoms with van der Waals surface area (Å²) in [5, 5.41) is 0. The highest BCUT2D eigenvalue weighted by Crippen LogP contribution is 2.22. The molecular formula is C13H20N2O3. The fourth-order valence-corrected chi connectivity index (χ4v) is 2.39. The third-order valence-corrected chi connectivity index (χ3v) is 3.33. The Morgan fingerprint density at radius 2 is 2.28 bits per heavy atom. The monoisotopic (exact) mass is 252 g/mol. The summed E-state index contributed by atoms with van der Waals surface area (Å²) in [6.45, 7) is 4.89. The van der Waals surface area contributed by atoms with Crippen LogP contribution in [0.5, 0.6) is 0 Å². The van der Waals surface area contributed by atoms with E-state index in [1.165, 1.54) is 0 Å². The highest BCUT2D eigenvalue weighted by atomic mass is 16.5. The number of aryl methyl sites for hydroxylation is 2. The van der Waals surface area contributed by atoms with E-state index in [1.54, 1.807) is 7.11 Å². The summed E-state index contributed by atoms with van der Waals surface area (Å²) < 4.78 is 12.5. The van der Waals surface area contributed by atoms with E-state index in [0.29, 0.717) is 18.8 Å². The zero-order valence-corrected chi connectivity index (χ0v) is 11.2.